The highest BCUT2D eigenvalue weighted by molar-refractivity contribution is 5.89. The van der Waals surface area contributed by atoms with Crippen LogP contribution in [-0.4, -0.2) is 11.6 Å². The van der Waals surface area contributed by atoms with Crippen molar-refractivity contribution in [1.82, 2.24) is 0 Å². The molecule has 1 unspecified atom stereocenters. The van der Waals surface area contributed by atoms with Gasteiger partial charge in [-0.1, -0.05) is 67.5 Å². The van der Waals surface area contributed by atoms with Gasteiger partial charge in [0.15, 0.2) is 0 Å². The lowest BCUT2D eigenvalue weighted by Crippen LogP contribution is -2.38. The Hall–Kier alpha value is -1.31. The first kappa shape index (κ1) is 23.7. The zero-order chi connectivity index (χ0) is 20.1. The van der Waals surface area contributed by atoms with Crippen LogP contribution in [0.5, 0.6) is 0 Å². The van der Waals surface area contributed by atoms with Gasteiger partial charge in [0.2, 0.25) is 0 Å². The van der Waals surface area contributed by atoms with Crippen LogP contribution in [0.15, 0.2) is 24.3 Å². The van der Waals surface area contributed by atoms with Gasteiger partial charge in [-0.15, -0.1) is 0 Å². The summed E-state index contributed by atoms with van der Waals surface area (Å²) in [6, 6.07) is 7.97. The van der Waals surface area contributed by atoms with Crippen LogP contribution in [0.4, 0.5) is 0 Å². The molecular weight excluding hydrogens is 308 g/mol. The minimum atomic E-state index is -0.465. The maximum atomic E-state index is 12.2. The van der Waals surface area contributed by atoms with Crippen molar-refractivity contribution in [2.24, 2.45) is 11.3 Å². The number of ether oxygens (including phenoxy) is 1. The third-order valence-electron chi connectivity index (χ3n) is 4.63. The van der Waals surface area contributed by atoms with Crippen LogP contribution >= 0.6 is 0 Å². The average molecular weight is 349 g/mol. The van der Waals surface area contributed by atoms with Crippen LogP contribution in [0.3, 0.4) is 0 Å². The summed E-state index contributed by atoms with van der Waals surface area (Å²) in [4.78, 5) is 12.2. The van der Waals surface area contributed by atoms with E-state index in [0.29, 0.717) is 11.5 Å². The van der Waals surface area contributed by atoms with E-state index in [1.807, 2.05) is 46.8 Å². The minimum absolute atomic E-state index is 0.0631. The summed E-state index contributed by atoms with van der Waals surface area (Å²) < 4.78 is 5.44. The van der Waals surface area contributed by atoms with Gasteiger partial charge in [0.05, 0.1) is 5.56 Å². The maximum Gasteiger partial charge on any atom is 0.338 e. The third kappa shape index (κ3) is 6.84. The maximum absolute atomic E-state index is 12.2. The Kier molecular flexibility index (Phi) is 8.41. The van der Waals surface area contributed by atoms with E-state index >= 15 is 0 Å². The molecule has 0 saturated carbocycles. The molecule has 0 aliphatic rings. The smallest absolute Gasteiger partial charge is 0.338 e. The molecule has 0 N–H and O–H groups in total. The third-order valence-corrected chi connectivity index (χ3v) is 4.63. The highest BCUT2D eigenvalue weighted by atomic mass is 16.6. The summed E-state index contributed by atoms with van der Waals surface area (Å²) in [7, 11) is 0. The van der Waals surface area contributed by atoms with E-state index in [1.165, 1.54) is 5.56 Å². The number of benzene rings is 1. The average Bonchev–Trinajstić information content (AvgIpc) is 2.46. The topological polar surface area (TPSA) is 26.3 Å². The van der Waals surface area contributed by atoms with Crippen molar-refractivity contribution in [3.05, 3.63) is 35.4 Å². The van der Waals surface area contributed by atoms with E-state index in [1.54, 1.807) is 0 Å². The first-order chi connectivity index (χ1) is 11.3. The van der Waals surface area contributed by atoms with E-state index in [4.69, 9.17) is 4.74 Å². The lowest BCUT2D eigenvalue weighted by molar-refractivity contribution is 0.00694. The van der Waals surface area contributed by atoms with E-state index < -0.39 is 5.60 Å². The molecule has 0 heterocycles. The summed E-state index contributed by atoms with van der Waals surface area (Å²) in [5.74, 6) is 0.357. The lowest BCUT2D eigenvalue weighted by atomic mass is 9.60. The molecule has 144 valence electrons. The van der Waals surface area contributed by atoms with Gasteiger partial charge in [-0.05, 0) is 61.6 Å². The van der Waals surface area contributed by atoms with Crippen molar-refractivity contribution in [3.8, 4) is 0 Å². The molecule has 1 aromatic rings. The molecule has 2 nitrogen and oxygen atoms in total. The van der Waals surface area contributed by atoms with Gasteiger partial charge in [0, 0.05) is 0 Å². The second kappa shape index (κ2) is 8.87. The van der Waals surface area contributed by atoms with Gasteiger partial charge in [-0.3, -0.25) is 0 Å². The molecule has 0 bridgehead atoms. The van der Waals surface area contributed by atoms with Crippen LogP contribution in [-0.2, 0) is 10.2 Å². The Morgan fingerprint density at radius 2 is 1.36 bits per heavy atom. The molecule has 0 fully saturated rings. The normalized spacial score (nSPS) is 14.4. The monoisotopic (exact) mass is 348 g/mol. The zero-order valence-corrected chi connectivity index (χ0v) is 18.4. The van der Waals surface area contributed by atoms with Gasteiger partial charge in [0.1, 0.15) is 5.60 Å². The lowest BCUT2D eigenvalue weighted by Gasteiger charge is -2.44. The zero-order valence-electron chi connectivity index (χ0n) is 18.4. The summed E-state index contributed by atoms with van der Waals surface area (Å²) in [6.45, 7) is 23.4. The summed E-state index contributed by atoms with van der Waals surface area (Å²) in [5, 5.41) is 0. The van der Waals surface area contributed by atoms with Crippen molar-refractivity contribution in [2.45, 2.75) is 93.6 Å². The number of carbonyl (C=O) groups excluding carboxylic acids is 1. The van der Waals surface area contributed by atoms with Gasteiger partial charge in [0.25, 0.3) is 0 Å². The predicted molar refractivity (Wildman–Crippen MR) is 109 cm³/mol. The Labute approximate surface area is 156 Å². The summed E-state index contributed by atoms with van der Waals surface area (Å²) in [6.07, 6.45) is 1.11. The number of hydrogen-bond donors (Lipinski definition) is 0. The van der Waals surface area contributed by atoms with Crippen molar-refractivity contribution in [2.75, 3.05) is 0 Å². The number of hydrogen-bond acceptors (Lipinski definition) is 2. The molecule has 0 saturated heterocycles. The van der Waals surface area contributed by atoms with Crippen molar-refractivity contribution in [3.63, 3.8) is 0 Å². The Morgan fingerprint density at radius 3 is 1.68 bits per heavy atom. The quantitative estimate of drug-likeness (QED) is 0.546. The van der Waals surface area contributed by atoms with Crippen molar-refractivity contribution >= 4 is 5.97 Å². The highest BCUT2D eigenvalue weighted by Crippen LogP contribution is 2.45. The van der Waals surface area contributed by atoms with Gasteiger partial charge in [-0.25, -0.2) is 4.79 Å². The molecule has 0 amide bonds. The molecule has 0 aliphatic heterocycles. The second-order valence-electron chi connectivity index (χ2n) is 9.26. The van der Waals surface area contributed by atoms with Gasteiger partial charge < -0.3 is 4.74 Å². The Balaban J connectivity index is 0.00000277. The molecule has 0 aliphatic carbocycles. The SMILES string of the molecule is CC.CC(C)CC(C)(c1ccc(C(=O)OC(C)(C)C)cc1)C(C)(C)C. The molecule has 0 aromatic heterocycles. The van der Waals surface area contributed by atoms with Crippen molar-refractivity contribution in [1.29, 1.82) is 0 Å². The molecule has 25 heavy (non-hydrogen) atoms. The largest absolute Gasteiger partial charge is 0.456 e. The Morgan fingerprint density at radius 1 is 0.920 bits per heavy atom. The molecule has 0 radical (unpaired) electrons. The summed E-state index contributed by atoms with van der Waals surface area (Å²) in [5.41, 5.74) is 1.64. The standard InChI is InChI=1S/C21H34O2.C2H6/c1-15(2)14-21(9,19(3,4)5)17-12-10-16(11-13-17)18(22)23-20(6,7)8;1-2/h10-13,15H,14H2,1-9H3;1-2H3. The number of rotatable bonds is 4. The molecule has 1 aromatic carbocycles. The first-order valence-corrected chi connectivity index (χ1v) is 9.60. The van der Waals surface area contributed by atoms with Crippen LogP contribution in [0, 0.1) is 11.3 Å². The van der Waals surface area contributed by atoms with E-state index in [9.17, 15) is 4.79 Å². The fraction of sp³-hybridized carbons (Fsp3) is 0.696. The minimum Gasteiger partial charge on any atom is -0.456 e. The van der Waals surface area contributed by atoms with Crippen LogP contribution in [0.2, 0.25) is 0 Å². The fourth-order valence-electron chi connectivity index (χ4n) is 2.98. The second-order valence-corrected chi connectivity index (χ2v) is 9.26. The fourth-order valence-corrected chi connectivity index (χ4v) is 2.98. The van der Waals surface area contributed by atoms with Gasteiger partial charge >= 0.3 is 5.97 Å². The molecule has 0 spiro atoms. The molecule has 2 heteroatoms. The van der Waals surface area contributed by atoms with Crippen LogP contribution in [0.25, 0.3) is 0 Å². The van der Waals surface area contributed by atoms with Crippen molar-refractivity contribution < 1.29 is 9.53 Å². The first-order valence-electron chi connectivity index (χ1n) is 9.60. The van der Waals surface area contributed by atoms with E-state index in [2.05, 4.69) is 53.7 Å². The Bertz CT molecular complexity index is 527. The highest BCUT2D eigenvalue weighted by Gasteiger charge is 2.39. The van der Waals surface area contributed by atoms with E-state index in [-0.39, 0.29) is 16.8 Å². The molecule has 1 rings (SSSR count). The molecular formula is C23H40O2. The van der Waals surface area contributed by atoms with Crippen LogP contribution in [0.1, 0.15) is 98.5 Å². The predicted octanol–water partition coefficient (Wildman–Crippen LogP) is 7.02. The van der Waals surface area contributed by atoms with Gasteiger partial charge in [-0.2, -0.15) is 0 Å². The summed E-state index contributed by atoms with van der Waals surface area (Å²) >= 11 is 0. The van der Waals surface area contributed by atoms with Crippen LogP contribution < -0.4 is 0 Å². The number of esters is 1. The molecule has 1 atom stereocenters. The van der Waals surface area contributed by atoms with E-state index in [0.717, 1.165) is 6.42 Å². The number of carbonyl (C=O) groups is 1.